The fraction of sp³-hybridized carbons (Fsp3) is 0.529. The monoisotopic (exact) mass is 291 g/mol. The number of benzene rings is 1. The summed E-state index contributed by atoms with van der Waals surface area (Å²) in [5.41, 5.74) is -0.556. The van der Waals surface area contributed by atoms with Crippen LogP contribution in [0.25, 0.3) is 0 Å². The van der Waals surface area contributed by atoms with Crippen LogP contribution in [0.2, 0.25) is 0 Å². The van der Waals surface area contributed by atoms with Gasteiger partial charge in [-0.15, -0.1) is 0 Å². The van der Waals surface area contributed by atoms with Gasteiger partial charge in [0.15, 0.2) is 0 Å². The van der Waals surface area contributed by atoms with Crippen molar-refractivity contribution in [3.63, 3.8) is 0 Å². The van der Waals surface area contributed by atoms with E-state index in [1.165, 1.54) is 0 Å². The lowest BCUT2D eigenvalue weighted by atomic mass is 9.79. The Morgan fingerprint density at radius 3 is 2.14 bits per heavy atom. The van der Waals surface area contributed by atoms with E-state index in [0.717, 1.165) is 0 Å². The molecule has 21 heavy (non-hydrogen) atoms. The molecule has 2 unspecified atom stereocenters. The van der Waals surface area contributed by atoms with Crippen molar-refractivity contribution in [3.8, 4) is 0 Å². The number of aliphatic carboxylic acids is 1. The third kappa shape index (κ3) is 3.84. The lowest BCUT2D eigenvalue weighted by molar-refractivity contribution is -0.148. The number of hydrogen-bond donors (Lipinski definition) is 1. The van der Waals surface area contributed by atoms with Gasteiger partial charge in [0.05, 0.1) is 5.41 Å². The van der Waals surface area contributed by atoms with Crippen LogP contribution in [0.5, 0.6) is 0 Å². The summed E-state index contributed by atoms with van der Waals surface area (Å²) in [4.78, 5) is 25.8. The zero-order chi connectivity index (χ0) is 16.2. The van der Waals surface area contributed by atoms with E-state index < -0.39 is 11.4 Å². The van der Waals surface area contributed by atoms with Gasteiger partial charge < -0.3 is 10.0 Å². The largest absolute Gasteiger partial charge is 0.481 e. The van der Waals surface area contributed by atoms with Gasteiger partial charge in [0, 0.05) is 19.5 Å². The number of carbonyl (C=O) groups is 2. The van der Waals surface area contributed by atoms with Crippen LogP contribution in [0, 0.1) is 5.92 Å². The Balaban J connectivity index is 3.00. The number of rotatable bonds is 6. The lowest BCUT2D eigenvalue weighted by Gasteiger charge is -2.32. The fourth-order valence-corrected chi connectivity index (χ4v) is 2.21. The molecule has 4 heteroatoms. The molecule has 0 heterocycles. The average Bonchev–Trinajstić information content (AvgIpc) is 2.45. The van der Waals surface area contributed by atoms with Crippen LogP contribution in [-0.2, 0) is 15.0 Å². The van der Waals surface area contributed by atoms with Gasteiger partial charge in [0.25, 0.3) is 0 Å². The van der Waals surface area contributed by atoms with Crippen LogP contribution in [0.3, 0.4) is 0 Å². The van der Waals surface area contributed by atoms with E-state index in [4.69, 9.17) is 0 Å². The molecule has 1 amide bonds. The van der Waals surface area contributed by atoms with Crippen LogP contribution in [0.15, 0.2) is 30.3 Å². The van der Waals surface area contributed by atoms with Gasteiger partial charge in [-0.2, -0.15) is 0 Å². The van der Waals surface area contributed by atoms with E-state index in [1.807, 2.05) is 26.8 Å². The predicted octanol–water partition coefficient (Wildman–Crippen LogP) is 2.92. The molecule has 0 aliphatic heterocycles. The molecule has 1 aromatic rings. The zero-order valence-electron chi connectivity index (χ0n) is 13.5. The lowest BCUT2D eigenvalue weighted by Crippen LogP contribution is -2.43. The minimum Gasteiger partial charge on any atom is -0.481 e. The minimum atomic E-state index is -1.21. The number of carboxylic acids is 1. The van der Waals surface area contributed by atoms with Gasteiger partial charge in [-0.25, -0.2) is 0 Å². The second kappa shape index (κ2) is 6.74. The molecule has 1 rings (SSSR count). The summed E-state index contributed by atoms with van der Waals surface area (Å²) in [6, 6.07) is 9.01. The highest BCUT2D eigenvalue weighted by Gasteiger charge is 2.38. The summed E-state index contributed by atoms with van der Waals surface area (Å²) in [6.45, 7) is 7.67. The van der Waals surface area contributed by atoms with E-state index in [-0.39, 0.29) is 18.4 Å². The summed E-state index contributed by atoms with van der Waals surface area (Å²) in [5.74, 6) is -0.802. The van der Waals surface area contributed by atoms with Gasteiger partial charge in [-0.3, -0.25) is 9.59 Å². The molecule has 1 N–H and O–H groups in total. The molecule has 0 aromatic heterocycles. The van der Waals surface area contributed by atoms with Crippen molar-refractivity contribution < 1.29 is 14.7 Å². The van der Waals surface area contributed by atoms with Crippen LogP contribution in [0.4, 0.5) is 0 Å². The number of carboxylic acid groups (broad SMARTS) is 1. The standard InChI is InChI=1S/C17H25NO3/c1-12(2)13(3)18(5)15(19)11-17(4,16(20)21)14-9-7-6-8-10-14/h6-10,12-13H,11H2,1-5H3,(H,20,21). The Morgan fingerprint density at radius 2 is 1.71 bits per heavy atom. The van der Waals surface area contributed by atoms with Gasteiger partial charge in [-0.05, 0) is 25.3 Å². The predicted molar refractivity (Wildman–Crippen MR) is 83.1 cm³/mol. The average molecular weight is 291 g/mol. The maximum absolute atomic E-state index is 12.4. The highest BCUT2D eigenvalue weighted by molar-refractivity contribution is 5.89. The third-order valence-electron chi connectivity index (χ3n) is 4.36. The summed E-state index contributed by atoms with van der Waals surface area (Å²) in [5, 5.41) is 9.59. The molecule has 0 saturated carbocycles. The van der Waals surface area contributed by atoms with Gasteiger partial charge in [0.2, 0.25) is 5.91 Å². The SMILES string of the molecule is CC(C)C(C)N(C)C(=O)CC(C)(C(=O)O)c1ccccc1. The number of nitrogens with zero attached hydrogens (tertiary/aromatic N) is 1. The van der Waals surface area contributed by atoms with Crippen molar-refractivity contribution >= 4 is 11.9 Å². The molecule has 0 aliphatic rings. The van der Waals surface area contributed by atoms with E-state index in [9.17, 15) is 14.7 Å². The number of carbonyl (C=O) groups excluding carboxylic acids is 1. The Morgan fingerprint density at radius 1 is 1.19 bits per heavy atom. The molecular weight excluding hydrogens is 266 g/mol. The highest BCUT2D eigenvalue weighted by Crippen LogP contribution is 2.29. The van der Waals surface area contributed by atoms with E-state index in [0.29, 0.717) is 11.5 Å². The molecule has 0 radical (unpaired) electrons. The fourth-order valence-electron chi connectivity index (χ4n) is 2.21. The van der Waals surface area contributed by atoms with Crippen LogP contribution in [0.1, 0.15) is 39.7 Å². The third-order valence-corrected chi connectivity index (χ3v) is 4.36. The van der Waals surface area contributed by atoms with Gasteiger partial charge >= 0.3 is 5.97 Å². The van der Waals surface area contributed by atoms with Crippen molar-refractivity contribution in [2.75, 3.05) is 7.05 Å². The number of hydrogen-bond acceptors (Lipinski definition) is 2. The molecule has 0 spiro atoms. The Labute approximate surface area is 126 Å². The Bertz CT molecular complexity index is 498. The summed E-state index contributed by atoms with van der Waals surface area (Å²) in [7, 11) is 1.74. The molecule has 4 nitrogen and oxygen atoms in total. The van der Waals surface area contributed by atoms with Crippen molar-refractivity contribution in [2.45, 2.75) is 45.6 Å². The van der Waals surface area contributed by atoms with E-state index in [1.54, 1.807) is 43.1 Å². The highest BCUT2D eigenvalue weighted by atomic mass is 16.4. The van der Waals surface area contributed by atoms with E-state index >= 15 is 0 Å². The molecule has 0 saturated heterocycles. The Hall–Kier alpha value is -1.84. The molecule has 2 atom stereocenters. The van der Waals surface area contributed by atoms with Crippen molar-refractivity contribution in [3.05, 3.63) is 35.9 Å². The summed E-state index contributed by atoms with van der Waals surface area (Å²) < 4.78 is 0. The first-order valence-corrected chi connectivity index (χ1v) is 7.24. The normalized spacial score (nSPS) is 15.3. The second-order valence-corrected chi connectivity index (χ2v) is 6.17. The first-order valence-electron chi connectivity index (χ1n) is 7.24. The summed E-state index contributed by atoms with van der Waals surface area (Å²) in [6.07, 6.45) is -0.0418. The molecular formula is C17H25NO3. The second-order valence-electron chi connectivity index (χ2n) is 6.17. The maximum Gasteiger partial charge on any atom is 0.314 e. The van der Waals surface area contributed by atoms with Crippen LogP contribution in [-0.4, -0.2) is 35.0 Å². The maximum atomic E-state index is 12.4. The molecule has 0 bridgehead atoms. The smallest absolute Gasteiger partial charge is 0.314 e. The Kier molecular flexibility index (Phi) is 5.53. The first kappa shape index (κ1) is 17.2. The number of amides is 1. The molecule has 0 aliphatic carbocycles. The van der Waals surface area contributed by atoms with Crippen molar-refractivity contribution in [2.24, 2.45) is 5.92 Å². The van der Waals surface area contributed by atoms with Crippen molar-refractivity contribution in [1.82, 2.24) is 4.90 Å². The van der Waals surface area contributed by atoms with Crippen LogP contribution < -0.4 is 0 Å². The topological polar surface area (TPSA) is 57.6 Å². The molecule has 0 fully saturated rings. The molecule has 116 valence electrons. The van der Waals surface area contributed by atoms with Crippen LogP contribution >= 0.6 is 0 Å². The van der Waals surface area contributed by atoms with Crippen molar-refractivity contribution in [1.29, 1.82) is 0 Å². The minimum absolute atomic E-state index is 0.0418. The first-order chi connectivity index (χ1) is 9.70. The quantitative estimate of drug-likeness (QED) is 0.876. The van der Waals surface area contributed by atoms with E-state index in [2.05, 4.69) is 0 Å². The van der Waals surface area contributed by atoms with Gasteiger partial charge in [-0.1, -0.05) is 44.2 Å². The molecule has 1 aromatic carbocycles. The van der Waals surface area contributed by atoms with Gasteiger partial charge in [0.1, 0.15) is 0 Å². The summed E-state index contributed by atoms with van der Waals surface area (Å²) >= 11 is 0. The zero-order valence-corrected chi connectivity index (χ0v) is 13.5.